The minimum Gasteiger partial charge on any atom is -0.380 e. The van der Waals surface area contributed by atoms with Crippen molar-refractivity contribution in [3.05, 3.63) is 0 Å². The number of ether oxygens (including phenoxy) is 2. The van der Waals surface area contributed by atoms with Crippen LogP contribution in [0.5, 0.6) is 0 Å². The molecule has 0 saturated carbocycles. The number of morpholine rings is 1. The molecule has 4 nitrogen and oxygen atoms in total. The van der Waals surface area contributed by atoms with Gasteiger partial charge in [-0.2, -0.15) is 0 Å². The summed E-state index contributed by atoms with van der Waals surface area (Å²) in [6, 6.07) is 1.10. The molecule has 0 bridgehead atoms. The van der Waals surface area contributed by atoms with Crippen molar-refractivity contribution in [2.75, 3.05) is 40.0 Å². The maximum absolute atomic E-state index is 5.71. The van der Waals surface area contributed by atoms with Gasteiger partial charge in [0.1, 0.15) is 0 Å². The Morgan fingerprint density at radius 1 is 1.38 bits per heavy atom. The molecule has 2 fully saturated rings. The van der Waals surface area contributed by atoms with Gasteiger partial charge in [-0.1, -0.05) is 6.92 Å². The van der Waals surface area contributed by atoms with E-state index in [-0.39, 0.29) is 0 Å². The third-order valence-electron chi connectivity index (χ3n) is 3.79. The summed E-state index contributed by atoms with van der Waals surface area (Å²) in [5.74, 6) is 0. The number of hydrogen-bond acceptors (Lipinski definition) is 4. The van der Waals surface area contributed by atoms with Gasteiger partial charge in [-0.25, -0.2) is 0 Å². The highest BCUT2D eigenvalue weighted by Gasteiger charge is 2.32. The summed E-state index contributed by atoms with van der Waals surface area (Å²) >= 11 is 0. The summed E-state index contributed by atoms with van der Waals surface area (Å²) in [7, 11) is 2.06. The summed E-state index contributed by atoms with van der Waals surface area (Å²) < 4.78 is 11.3. The van der Waals surface area contributed by atoms with E-state index < -0.39 is 0 Å². The van der Waals surface area contributed by atoms with Gasteiger partial charge in [0.25, 0.3) is 0 Å². The summed E-state index contributed by atoms with van der Waals surface area (Å²) in [5, 5.41) is 3.42. The lowest BCUT2D eigenvalue weighted by molar-refractivity contribution is -0.0774. The zero-order valence-corrected chi connectivity index (χ0v) is 10.4. The Morgan fingerprint density at radius 2 is 2.25 bits per heavy atom. The molecule has 0 spiro atoms. The summed E-state index contributed by atoms with van der Waals surface area (Å²) in [4.78, 5) is 2.54. The van der Waals surface area contributed by atoms with E-state index in [1.807, 2.05) is 0 Å². The Balaban J connectivity index is 1.93. The molecular formula is C12H24N2O2. The highest BCUT2D eigenvalue weighted by atomic mass is 16.5. The van der Waals surface area contributed by atoms with Crippen LogP contribution in [0.3, 0.4) is 0 Å². The van der Waals surface area contributed by atoms with Crippen LogP contribution < -0.4 is 5.32 Å². The Labute approximate surface area is 98.3 Å². The zero-order chi connectivity index (χ0) is 11.4. The fourth-order valence-corrected chi connectivity index (χ4v) is 2.71. The van der Waals surface area contributed by atoms with Gasteiger partial charge in [0, 0.05) is 31.8 Å². The fraction of sp³-hybridized carbons (Fsp3) is 1.00. The molecular weight excluding hydrogens is 204 g/mol. The lowest BCUT2D eigenvalue weighted by Gasteiger charge is -2.43. The van der Waals surface area contributed by atoms with Gasteiger partial charge >= 0.3 is 0 Å². The van der Waals surface area contributed by atoms with Crippen LogP contribution in [0.1, 0.15) is 19.8 Å². The Bertz CT molecular complexity index is 213. The molecule has 3 atom stereocenters. The smallest absolute Gasteiger partial charge is 0.0700 e. The van der Waals surface area contributed by atoms with Crippen LogP contribution in [0.4, 0.5) is 0 Å². The highest BCUT2D eigenvalue weighted by molar-refractivity contribution is 4.88. The molecule has 2 aliphatic rings. The van der Waals surface area contributed by atoms with Crippen molar-refractivity contribution in [3.63, 3.8) is 0 Å². The van der Waals surface area contributed by atoms with Gasteiger partial charge in [-0.3, -0.25) is 4.90 Å². The molecule has 0 radical (unpaired) electrons. The number of likely N-dealkylation sites (N-methyl/N-ethyl adjacent to an activating group) is 1. The van der Waals surface area contributed by atoms with Crippen molar-refractivity contribution in [2.45, 2.75) is 38.0 Å². The van der Waals surface area contributed by atoms with Gasteiger partial charge in [-0.05, 0) is 19.9 Å². The van der Waals surface area contributed by atoms with Gasteiger partial charge in [0.05, 0.1) is 19.3 Å². The Morgan fingerprint density at radius 3 is 3.00 bits per heavy atom. The standard InChI is InChI=1S/C12H24N2O2/c1-3-10-8-14(5-7-16-10)12-9-15-6-4-11(12)13-2/h10-13H,3-9H2,1-2H3. The maximum atomic E-state index is 5.71. The molecule has 4 heteroatoms. The predicted molar refractivity (Wildman–Crippen MR) is 63.7 cm³/mol. The number of rotatable bonds is 3. The molecule has 3 unspecified atom stereocenters. The quantitative estimate of drug-likeness (QED) is 0.761. The predicted octanol–water partition coefficient (Wildman–Crippen LogP) is 0.474. The van der Waals surface area contributed by atoms with Crippen LogP contribution in [0, 0.1) is 0 Å². The molecule has 2 aliphatic heterocycles. The zero-order valence-electron chi connectivity index (χ0n) is 10.4. The van der Waals surface area contributed by atoms with Crippen molar-refractivity contribution < 1.29 is 9.47 Å². The van der Waals surface area contributed by atoms with Crippen LogP contribution in [-0.2, 0) is 9.47 Å². The van der Waals surface area contributed by atoms with E-state index >= 15 is 0 Å². The molecule has 0 aromatic rings. The summed E-state index contributed by atoms with van der Waals surface area (Å²) in [5.41, 5.74) is 0. The first-order chi connectivity index (χ1) is 7.85. The molecule has 0 amide bonds. The Hall–Kier alpha value is -0.160. The van der Waals surface area contributed by atoms with Crippen molar-refractivity contribution in [2.24, 2.45) is 0 Å². The topological polar surface area (TPSA) is 33.7 Å². The van der Waals surface area contributed by atoms with Gasteiger partial charge in [0.2, 0.25) is 0 Å². The molecule has 0 aliphatic carbocycles. The van der Waals surface area contributed by atoms with E-state index in [0.717, 1.165) is 45.8 Å². The SMILES string of the molecule is CCC1CN(C2COCCC2NC)CCO1. The van der Waals surface area contributed by atoms with E-state index in [2.05, 4.69) is 24.2 Å². The normalized spacial score (nSPS) is 37.5. The Kier molecular flexibility index (Phi) is 4.58. The van der Waals surface area contributed by atoms with Crippen molar-refractivity contribution in [1.29, 1.82) is 0 Å². The van der Waals surface area contributed by atoms with Crippen LogP contribution in [0.25, 0.3) is 0 Å². The molecule has 94 valence electrons. The molecule has 16 heavy (non-hydrogen) atoms. The van der Waals surface area contributed by atoms with E-state index in [1.54, 1.807) is 0 Å². The first kappa shape index (κ1) is 12.3. The van der Waals surface area contributed by atoms with E-state index in [1.165, 1.54) is 0 Å². The average Bonchev–Trinajstić information content (AvgIpc) is 2.38. The number of nitrogens with one attached hydrogen (secondary N) is 1. The van der Waals surface area contributed by atoms with Crippen LogP contribution in [0.2, 0.25) is 0 Å². The van der Waals surface area contributed by atoms with Crippen molar-refractivity contribution in [1.82, 2.24) is 10.2 Å². The lowest BCUT2D eigenvalue weighted by atomic mass is 10.0. The minimum atomic E-state index is 0.410. The molecule has 2 heterocycles. The monoisotopic (exact) mass is 228 g/mol. The van der Waals surface area contributed by atoms with Gasteiger partial charge < -0.3 is 14.8 Å². The third kappa shape index (κ3) is 2.74. The minimum absolute atomic E-state index is 0.410. The molecule has 2 rings (SSSR count). The lowest BCUT2D eigenvalue weighted by Crippen LogP contribution is -2.58. The average molecular weight is 228 g/mol. The van der Waals surface area contributed by atoms with Crippen LogP contribution in [-0.4, -0.2) is 63.0 Å². The molecule has 1 N–H and O–H groups in total. The second kappa shape index (κ2) is 5.96. The second-order valence-electron chi connectivity index (χ2n) is 4.72. The number of hydrogen-bond donors (Lipinski definition) is 1. The maximum Gasteiger partial charge on any atom is 0.0700 e. The van der Waals surface area contributed by atoms with Crippen LogP contribution in [0.15, 0.2) is 0 Å². The highest BCUT2D eigenvalue weighted by Crippen LogP contribution is 2.18. The first-order valence-corrected chi connectivity index (χ1v) is 6.45. The van der Waals surface area contributed by atoms with Crippen molar-refractivity contribution in [3.8, 4) is 0 Å². The second-order valence-corrected chi connectivity index (χ2v) is 4.72. The van der Waals surface area contributed by atoms with Crippen LogP contribution >= 0.6 is 0 Å². The largest absolute Gasteiger partial charge is 0.380 e. The van der Waals surface area contributed by atoms with Gasteiger partial charge in [-0.15, -0.1) is 0 Å². The molecule has 2 saturated heterocycles. The van der Waals surface area contributed by atoms with E-state index in [9.17, 15) is 0 Å². The van der Waals surface area contributed by atoms with E-state index in [0.29, 0.717) is 18.2 Å². The first-order valence-electron chi connectivity index (χ1n) is 6.45. The summed E-state index contributed by atoms with van der Waals surface area (Å²) in [6.07, 6.45) is 2.64. The summed E-state index contributed by atoms with van der Waals surface area (Å²) in [6.45, 7) is 6.92. The fourth-order valence-electron chi connectivity index (χ4n) is 2.71. The van der Waals surface area contributed by atoms with Crippen molar-refractivity contribution >= 4 is 0 Å². The number of nitrogens with zero attached hydrogens (tertiary/aromatic N) is 1. The molecule has 0 aromatic heterocycles. The van der Waals surface area contributed by atoms with E-state index in [4.69, 9.17) is 9.47 Å². The third-order valence-corrected chi connectivity index (χ3v) is 3.79. The van der Waals surface area contributed by atoms with Gasteiger partial charge in [0.15, 0.2) is 0 Å². The molecule has 0 aromatic carbocycles.